The zero-order valence-corrected chi connectivity index (χ0v) is 16.5. The first-order valence-electron chi connectivity index (χ1n) is 10.1. The maximum atomic E-state index is 6.83. The molecule has 1 aromatic rings. The summed E-state index contributed by atoms with van der Waals surface area (Å²) in [5.74, 6) is 1.82. The Morgan fingerprint density at radius 2 is 2.11 bits per heavy atom. The van der Waals surface area contributed by atoms with E-state index in [9.17, 15) is 0 Å². The van der Waals surface area contributed by atoms with E-state index < -0.39 is 5.60 Å². The molecule has 2 spiro atoms. The molecule has 4 bridgehead atoms. The van der Waals surface area contributed by atoms with E-state index in [4.69, 9.17) is 14.2 Å². The van der Waals surface area contributed by atoms with Gasteiger partial charge in [-0.3, -0.25) is 0 Å². The number of ether oxygens (including phenoxy) is 3. The molecule has 1 saturated carbocycles. The number of likely N-dealkylation sites (N-methyl/N-ethyl adjacent to an activating group) is 2. The van der Waals surface area contributed by atoms with Crippen molar-refractivity contribution in [3.8, 4) is 11.5 Å². The van der Waals surface area contributed by atoms with Crippen LogP contribution in [0.25, 0.3) is 0 Å². The summed E-state index contributed by atoms with van der Waals surface area (Å²) in [6.07, 6.45) is 8.05. The fraction of sp³-hybridized carbons (Fsp3) is 0.636. The van der Waals surface area contributed by atoms with Crippen molar-refractivity contribution in [3.63, 3.8) is 0 Å². The highest BCUT2D eigenvalue weighted by Crippen LogP contribution is 2.73. The van der Waals surface area contributed by atoms with Gasteiger partial charge in [0, 0.05) is 30.2 Å². The lowest BCUT2D eigenvalue weighted by atomic mass is 9.38. The van der Waals surface area contributed by atoms with Crippen LogP contribution in [-0.2, 0) is 16.6 Å². The molecule has 1 saturated heterocycles. The maximum Gasteiger partial charge on any atom is 0.166 e. The van der Waals surface area contributed by atoms with Crippen molar-refractivity contribution in [1.29, 1.82) is 0 Å². The van der Waals surface area contributed by atoms with Gasteiger partial charge in [0.1, 0.15) is 11.7 Å². The van der Waals surface area contributed by atoms with E-state index in [-0.39, 0.29) is 23.0 Å². The third-order valence-electron chi connectivity index (χ3n) is 8.63. The van der Waals surface area contributed by atoms with Gasteiger partial charge in [-0.15, -0.1) is 0 Å². The number of likely N-dealkylation sites (tertiary alicyclic amines) is 1. The average molecular weight is 368 g/mol. The zero-order valence-electron chi connectivity index (χ0n) is 16.5. The summed E-state index contributed by atoms with van der Waals surface area (Å²) in [4.78, 5) is 2.58. The summed E-state index contributed by atoms with van der Waals surface area (Å²) < 4.78 is 18.8. The van der Waals surface area contributed by atoms with Crippen LogP contribution in [-0.4, -0.2) is 63.5 Å². The number of rotatable bonds is 3. The fourth-order valence-electron chi connectivity index (χ4n) is 7.53. The molecule has 0 aromatic heterocycles. The number of methoxy groups -OCH3 is 2. The van der Waals surface area contributed by atoms with Gasteiger partial charge in [-0.25, -0.2) is 0 Å². The molecule has 2 aliphatic heterocycles. The third-order valence-corrected chi connectivity index (χ3v) is 8.63. The molecule has 4 aliphatic carbocycles. The molecule has 144 valence electrons. The van der Waals surface area contributed by atoms with Gasteiger partial charge in [-0.1, -0.05) is 18.2 Å². The second-order valence-corrected chi connectivity index (χ2v) is 9.03. The quantitative estimate of drug-likeness (QED) is 0.826. The van der Waals surface area contributed by atoms with E-state index in [1.807, 2.05) is 7.11 Å². The molecular formula is C22H28N2O3. The Morgan fingerprint density at radius 3 is 2.85 bits per heavy atom. The van der Waals surface area contributed by atoms with Crippen LogP contribution in [0.1, 0.15) is 24.0 Å². The average Bonchev–Trinajstić information content (AvgIpc) is 3.07. The van der Waals surface area contributed by atoms with Gasteiger partial charge in [0.25, 0.3) is 0 Å². The lowest BCUT2D eigenvalue weighted by Crippen LogP contribution is -2.81. The van der Waals surface area contributed by atoms with Gasteiger partial charge in [-0.05, 0) is 51.5 Å². The number of nitrogens with one attached hydrogen (secondary N) is 1. The summed E-state index contributed by atoms with van der Waals surface area (Å²) in [7, 11) is 7.93. The van der Waals surface area contributed by atoms with Crippen LogP contribution in [0, 0.1) is 5.41 Å². The van der Waals surface area contributed by atoms with E-state index in [2.05, 4.69) is 48.6 Å². The highest BCUT2D eigenvalue weighted by molar-refractivity contribution is 5.65. The van der Waals surface area contributed by atoms with Crippen LogP contribution in [0.4, 0.5) is 0 Å². The third kappa shape index (κ3) is 1.47. The Morgan fingerprint density at radius 1 is 1.26 bits per heavy atom. The topological polar surface area (TPSA) is 43.0 Å². The Kier molecular flexibility index (Phi) is 2.97. The van der Waals surface area contributed by atoms with Crippen LogP contribution in [0.3, 0.4) is 0 Å². The number of benzene rings is 1. The van der Waals surface area contributed by atoms with Gasteiger partial charge in [-0.2, -0.15) is 0 Å². The number of hydrogen-bond donors (Lipinski definition) is 1. The first-order valence-corrected chi connectivity index (χ1v) is 10.1. The molecule has 0 radical (unpaired) electrons. The molecular weight excluding hydrogens is 340 g/mol. The van der Waals surface area contributed by atoms with Crippen LogP contribution < -0.4 is 14.8 Å². The number of hydrogen-bond acceptors (Lipinski definition) is 5. The van der Waals surface area contributed by atoms with Crippen LogP contribution in [0.5, 0.6) is 11.5 Å². The molecule has 1 N–H and O–H groups in total. The molecule has 1 aromatic carbocycles. The summed E-state index contributed by atoms with van der Waals surface area (Å²) in [5.41, 5.74) is 2.44. The van der Waals surface area contributed by atoms with Crippen molar-refractivity contribution < 1.29 is 14.2 Å². The molecule has 6 atom stereocenters. The Bertz CT molecular complexity index is 869. The fourth-order valence-corrected chi connectivity index (χ4v) is 7.53. The van der Waals surface area contributed by atoms with Gasteiger partial charge in [0.05, 0.1) is 12.5 Å². The summed E-state index contributed by atoms with van der Waals surface area (Å²) in [5, 5.41) is 3.57. The Hall–Kier alpha value is -1.56. The van der Waals surface area contributed by atoms with E-state index in [1.54, 1.807) is 7.11 Å². The Labute approximate surface area is 160 Å². The molecule has 3 unspecified atom stereocenters. The zero-order chi connectivity index (χ0) is 18.6. The Balaban J connectivity index is 1.71. The molecule has 27 heavy (non-hydrogen) atoms. The van der Waals surface area contributed by atoms with Crippen molar-refractivity contribution in [2.75, 3.05) is 34.9 Å². The van der Waals surface area contributed by atoms with E-state index in [1.165, 1.54) is 11.1 Å². The van der Waals surface area contributed by atoms with Gasteiger partial charge in [0.2, 0.25) is 0 Å². The predicted molar refractivity (Wildman–Crippen MR) is 103 cm³/mol. The highest BCUT2D eigenvalue weighted by Gasteiger charge is 2.78. The van der Waals surface area contributed by atoms with Gasteiger partial charge in [0.15, 0.2) is 11.5 Å². The van der Waals surface area contributed by atoms with Crippen LogP contribution in [0.15, 0.2) is 24.3 Å². The van der Waals surface area contributed by atoms with Crippen molar-refractivity contribution >= 4 is 0 Å². The second kappa shape index (κ2) is 4.88. The number of fused-ring (bicyclic) bond motifs is 1. The molecule has 5 heteroatoms. The highest BCUT2D eigenvalue weighted by atomic mass is 16.6. The van der Waals surface area contributed by atoms with Crippen molar-refractivity contribution in [1.82, 2.24) is 10.2 Å². The summed E-state index contributed by atoms with van der Waals surface area (Å²) >= 11 is 0. The molecule has 2 heterocycles. The molecule has 5 nitrogen and oxygen atoms in total. The predicted octanol–water partition coefficient (Wildman–Crippen LogP) is 1.89. The van der Waals surface area contributed by atoms with Gasteiger partial charge >= 0.3 is 0 Å². The molecule has 7 rings (SSSR count). The molecule has 6 aliphatic rings. The van der Waals surface area contributed by atoms with Crippen molar-refractivity contribution in [2.45, 2.75) is 48.5 Å². The van der Waals surface area contributed by atoms with E-state index >= 15 is 0 Å². The van der Waals surface area contributed by atoms with E-state index in [0.717, 1.165) is 37.3 Å². The normalized spacial score (nSPS) is 45.6. The minimum Gasteiger partial charge on any atom is -0.493 e. The van der Waals surface area contributed by atoms with Crippen molar-refractivity contribution in [2.24, 2.45) is 5.41 Å². The second-order valence-electron chi connectivity index (χ2n) is 9.03. The molecule has 0 amide bonds. The largest absolute Gasteiger partial charge is 0.493 e. The van der Waals surface area contributed by atoms with Gasteiger partial charge < -0.3 is 24.4 Å². The SMILES string of the molecule is CNC1C[C@@]23C=CC1(OC)C1Oc4c(OC)ccc5c4[C@@]12CCN(C)[C@@H]3C5. The monoisotopic (exact) mass is 368 g/mol. The summed E-state index contributed by atoms with van der Waals surface area (Å²) in [6.45, 7) is 1.10. The minimum atomic E-state index is -0.449. The lowest BCUT2D eigenvalue weighted by molar-refractivity contribution is -0.199. The minimum absolute atomic E-state index is 0.0206. The van der Waals surface area contributed by atoms with Crippen LogP contribution >= 0.6 is 0 Å². The smallest absolute Gasteiger partial charge is 0.166 e. The summed E-state index contributed by atoms with van der Waals surface area (Å²) in [6, 6.07) is 5.08. The van der Waals surface area contributed by atoms with Crippen molar-refractivity contribution in [3.05, 3.63) is 35.4 Å². The number of nitrogens with zero attached hydrogens (tertiary/aromatic N) is 1. The number of piperidine rings is 1. The molecule has 2 fully saturated rings. The van der Waals surface area contributed by atoms with Crippen LogP contribution in [0.2, 0.25) is 0 Å². The van der Waals surface area contributed by atoms with E-state index in [0.29, 0.717) is 6.04 Å². The lowest BCUT2D eigenvalue weighted by Gasteiger charge is -2.71. The first-order chi connectivity index (χ1) is 13.1. The standard InChI is InChI=1S/C22H28N2O3/c1-23-15-12-20-7-8-22(15,26-4)19-21(20)9-10-24(2)16(20)11-13-5-6-14(25-3)18(27-19)17(13)21/h5-8,15-16,19,23H,9-12H2,1-4H3/t15?,16-,19?,20-,21+,22?/m1/s1. The first kappa shape index (κ1) is 16.4. The maximum absolute atomic E-state index is 6.83.